The number of amides is 2. The Balaban J connectivity index is 1.65. The second kappa shape index (κ2) is 9.59. The number of carboxylic acids is 1. The van der Waals surface area contributed by atoms with Crippen molar-refractivity contribution in [1.82, 2.24) is 15.3 Å². The summed E-state index contributed by atoms with van der Waals surface area (Å²) in [6.07, 6.45) is 1.52. The van der Waals surface area contributed by atoms with Crippen LogP contribution in [0, 0.1) is 0 Å². The number of hydrogen-bond donors (Lipinski definition) is 6. The molecule has 0 saturated carbocycles. The minimum Gasteiger partial charge on any atom is -0.492 e. The summed E-state index contributed by atoms with van der Waals surface area (Å²) in [7, 11) is 0. The molecule has 1 aromatic heterocycles. The second-order valence-corrected chi connectivity index (χ2v) is 7.95. The smallest absolute Gasteiger partial charge is 0.329 e. The number of benzene rings is 1. The molecule has 176 valence electrons. The normalized spacial score (nSPS) is 16.7. The van der Waals surface area contributed by atoms with E-state index < -0.39 is 23.3 Å². The Morgan fingerprint density at radius 1 is 1.33 bits per heavy atom. The summed E-state index contributed by atoms with van der Waals surface area (Å²) < 4.78 is 0. The van der Waals surface area contributed by atoms with Gasteiger partial charge in [0.2, 0.25) is 18.2 Å². The van der Waals surface area contributed by atoms with Crippen molar-refractivity contribution in [3.05, 3.63) is 29.8 Å². The monoisotopic (exact) mass is 457 g/mol. The molecule has 0 radical (unpaired) electrons. The lowest BCUT2D eigenvalue weighted by atomic mass is 9.95. The van der Waals surface area contributed by atoms with Crippen LogP contribution >= 0.6 is 0 Å². The predicted molar refractivity (Wildman–Crippen MR) is 122 cm³/mol. The van der Waals surface area contributed by atoms with E-state index in [1.54, 1.807) is 24.3 Å². The van der Waals surface area contributed by atoms with Crippen LogP contribution in [0.1, 0.15) is 37.0 Å². The van der Waals surface area contributed by atoms with Gasteiger partial charge >= 0.3 is 5.97 Å². The largest absolute Gasteiger partial charge is 0.492 e. The molecular formula is C21H27N7O5. The Hall–Kier alpha value is -4.09. The molecular weight excluding hydrogens is 430 g/mol. The maximum atomic E-state index is 12.5. The highest BCUT2D eigenvalue weighted by Gasteiger charge is 2.34. The number of hydrogen-bond acceptors (Lipinski definition) is 9. The van der Waals surface area contributed by atoms with Gasteiger partial charge in [0.25, 0.3) is 5.91 Å². The summed E-state index contributed by atoms with van der Waals surface area (Å²) in [4.78, 5) is 44.8. The standard InChI is InChI=1S/C21H27N7O5/c1-3-8-21(2,19(32)33)27-17(30)12-4-6-13(7-5-12)23-9-14-10-24-16-15(28(14)11-29)18(31)26-20(22)25-16/h4-7,11,14,23H,3,8-10H2,1-2H3,(H,27,30)(H,32,33)(H4,22,24,25,26,31)/t14?,21-/m0/s1. The molecule has 7 N–H and O–H groups in total. The summed E-state index contributed by atoms with van der Waals surface area (Å²) in [5.74, 6) is -1.79. The van der Waals surface area contributed by atoms with Crippen molar-refractivity contribution in [2.24, 2.45) is 0 Å². The van der Waals surface area contributed by atoms with Crippen molar-refractivity contribution in [3.8, 4) is 5.88 Å². The van der Waals surface area contributed by atoms with E-state index in [0.717, 1.165) is 0 Å². The van der Waals surface area contributed by atoms with Crippen molar-refractivity contribution in [2.45, 2.75) is 38.3 Å². The molecule has 3 rings (SSSR count). The molecule has 12 heteroatoms. The number of aromatic hydroxyl groups is 1. The number of anilines is 4. The number of aromatic nitrogens is 2. The molecule has 2 aromatic rings. The van der Waals surface area contributed by atoms with E-state index in [0.29, 0.717) is 43.6 Å². The molecule has 2 atom stereocenters. The highest BCUT2D eigenvalue weighted by molar-refractivity contribution is 5.98. The number of carbonyl (C=O) groups is 3. The first-order valence-corrected chi connectivity index (χ1v) is 10.4. The Bertz CT molecular complexity index is 1050. The summed E-state index contributed by atoms with van der Waals surface area (Å²) in [5, 5.41) is 28.3. The van der Waals surface area contributed by atoms with E-state index in [4.69, 9.17) is 5.73 Å². The number of nitrogens with one attached hydrogen (secondary N) is 3. The summed E-state index contributed by atoms with van der Waals surface area (Å²) in [6.45, 7) is 4.03. The first-order valence-electron chi connectivity index (χ1n) is 10.4. The van der Waals surface area contributed by atoms with E-state index in [1.165, 1.54) is 11.8 Å². The van der Waals surface area contributed by atoms with Crippen LogP contribution in [0.5, 0.6) is 5.88 Å². The van der Waals surface area contributed by atoms with Gasteiger partial charge in [0.05, 0.1) is 6.04 Å². The molecule has 2 heterocycles. The third kappa shape index (κ3) is 5.05. The van der Waals surface area contributed by atoms with Crippen LogP contribution in [-0.4, -0.2) is 63.1 Å². The molecule has 1 aliphatic heterocycles. The zero-order valence-electron chi connectivity index (χ0n) is 18.3. The van der Waals surface area contributed by atoms with E-state index in [2.05, 4.69) is 25.9 Å². The molecule has 0 spiro atoms. The molecule has 33 heavy (non-hydrogen) atoms. The number of fused-ring (bicyclic) bond motifs is 1. The Labute approximate surface area is 190 Å². The molecule has 0 bridgehead atoms. The van der Waals surface area contributed by atoms with Gasteiger partial charge in [0.15, 0.2) is 5.82 Å². The van der Waals surface area contributed by atoms with E-state index in [-0.39, 0.29) is 23.5 Å². The molecule has 0 fully saturated rings. The van der Waals surface area contributed by atoms with Gasteiger partial charge in [0, 0.05) is 24.3 Å². The van der Waals surface area contributed by atoms with Crippen LogP contribution in [0.15, 0.2) is 24.3 Å². The molecule has 12 nitrogen and oxygen atoms in total. The molecule has 1 unspecified atom stereocenters. The van der Waals surface area contributed by atoms with Crippen LogP contribution in [0.2, 0.25) is 0 Å². The summed E-state index contributed by atoms with van der Waals surface area (Å²) in [6, 6.07) is 6.18. The molecule has 2 amide bonds. The van der Waals surface area contributed by atoms with Gasteiger partial charge in [-0.3, -0.25) is 9.59 Å². The molecule has 0 aliphatic carbocycles. The number of carboxylic acid groups (broad SMARTS) is 1. The number of aliphatic carboxylic acids is 1. The Morgan fingerprint density at radius 3 is 2.64 bits per heavy atom. The van der Waals surface area contributed by atoms with E-state index in [1.807, 2.05) is 6.92 Å². The number of rotatable bonds is 9. The number of carbonyl (C=O) groups excluding carboxylic acids is 2. The Morgan fingerprint density at radius 2 is 2.03 bits per heavy atom. The zero-order chi connectivity index (χ0) is 24.2. The van der Waals surface area contributed by atoms with Crippen molar-refractivity contribution in [2.75, 3.05) is 34.4 Å². The van der Waals surface area contributed by atoms with Gasteiger partial charge < -0.3 is 36.8 Å². The second-order valence-electron chi connectivity index (χ2n) is 7.95. The van der Waals surface area contributed by atoms with Crippen molar-refractivity contribution >= 4 is 41.4 Å². The fourth-order valence-corrected chi connectivity index (χ4v) is 3.65. The maximum absolute atomic E-state index is 12.5. The Kier molecular flexibility index (Phi) is 6.85. The SMILES string of the molecule is CCC[C@](C)(NC(=O)c1ccc(NCC2CNc3nc(N)nc(O)c3N2C=O)cc1)C(=O)O. The molecule has 1 aromatic carbocycles. The first-order chi connectivity index (χ1) is 15.7. The third-order valence-electron chi connectivity index (χ3n) is 5.45. The predicted octanol–water partition coefficient (Wildman–Crippen LogP) is 1.01. The fraction of sp³-hybridized carbons (Fsp3) is 0.381. The van der Waals surface area contributed by atoms with Crippen LogP contribution < -0.4 is 26.6 Å². The van der Waals surface area contributed by atoms with Crippen molar-refractivity contribution in [3.63, 3.8) is 0 Å². The van der Waals surface area contributed by atoms with Crippen molar-refractivity contribution in [1.29, 1.82) is 0 Å². The quantitative estimate of drug-likeness (QED) is 0.297. The van der Waals surface area contributed by atoms with Crippen LogP contribution in [0.3, 0.4) is 0 Å². The maximum Gasteiger partial charge on any atom is 0.329 e. The average Bonchev–Trinajstić information content (AvgIpc) is 2.77. The number of nitrogen functional groups attached to an aromatic ring is 1. The number of nitrogens with two attached hydrogens (primary N) is 1. The molecule has 0 saturated heterocycles. The third-order valence-corrected chi connectivity index (χ3v) is 5.45. The van der Waals surface area contributed by atoms with Gasteiger partial charge in [0.1, 0.15) is 11.2 Å². The zero-order valence-corrected chi connectivity index (χ0v) is 18.3. The van der Waals surface area contributed by atoms with Gasteiger partial charge in [-0.05, 0) is 37.6 Å². The highest BCUT2D eigenvalue weighted by Crippen LogP contribution is 2.36. The summed E-state index contributed by atoms with van der Waals surface area (Å²) in [5.41, 5.74) is 5.36. The fourth-order valence-electron chi connectivity index (χ4n) is 3.65. The van der Waals surface area contributed by atoms with Crippen LogP contribution in [0.25, 0.3) is 0 Å². The van der Waals surface area contributed by atoms with Crippen molar-refractivity contribution < 1.29 is 24.6 Å². The minimum absolute atomic E-state index is 0.108. The number of nitrogens with zero attached hydrogens (tertiary/aromatic N) is 3. The van der Waals surface area contributed by atoms with Gasteiger partial charge in [-0.2, -0.15) is 9.97 Å². The lowest BCUT2D eigenvalue weighted by Crippen LogP contribution is -2.52. The van der Waals surface area contributed by atoms with Crippen LogP contribution in [0.4, 0.5) is 23.1 Å². The van der Waals surface area contributed by atoms with Crippen LogP contribution in [-0.2, 0) is 9.59 Å². The topological polar surface area (TPSA) is 183 Å². The van der Waals surface area contributed by atoms with Gasteiger partial charge in [-0.15, -0.1) is 0 Å². The highest BCUT2D eigenvalue weighted by atomic mass is 16.4. The lowest BCUT2D eigenvalue weighted by Gasteiger charge is -2.34. The van der Waals surface area contributed by atoms with E-state index in [9.17, 15) is 24.6 Å². The summed E-state index contributed by atoms with van der Waals surface area (Å²) >= 11 is 0. The average molecular weight is 457 g/mol. The van der Waals surface area contributed by atoms with Gasteiger partial charge in [-0.25, -0.2) is 4.79 Å². The first kappa shape index (κ1) is 23.6. The van der Waals surface area contributed by atoms with E-state index >= 15 is 0 Å². The minimum atomic E-state index is -1.34. The molecule has 1 aliphatic rings. The van der Waals surface area contributed by atoms with Gasteiger partial charge in [-0.1, -0.05) is 13.3 Å². The lowest BCUT2D eigenvalue weighted by molar-refractivity contribution is -0.144.